The molecule has 0 aliphatic carbocycles. The second-order valence-corrected chi connectivity index (χ2v) is 5.47. The largest absolute Gasteiger partial charge is 0.378 e. The van der Waals surface area contributed by atoms with E-state index in [-0.39, 0.29) is 17.4 Å². The Balaban J connectivity index is 2.06. The quantitative estimate of drug-likeness (QED) is 0.847. The van der Waals surface area contributed by atoms with Gasteiger partial charge in [0, 0.05) is 25.1 Å². The third-order valence-corrected chi connectivity index (χ3v) is 3.36. The lowest BCUT2D eigenvalue weighted by molar-refractivity contribution is -0.135. The third kappa shape index (κ3) is 4.04. The average Bonchev–Trinajstić information content (AvgIpc) is 2.46. The van der Waals surface area contributed by atoms with Crippen LogP contribution in [0.25, 0.3) is 0 Å². The molecule has 116 valence electrons. The molecule has 0 saturated carbocycles. The summed E-state index contributed by atoms with van der Waals surface area (Å²) in [5.74, 6) is 1.14. The lowest BCUT2D eigenvalue weighted by Gasteiger charge is -2.29. The summed E-state index contributed by atoms with van der Waals surface area (Å²) >= 11 is 0. The normalized spacial score (nSPS) is 16.9. The van der Waals surface area contributed by atoms with Crippen LogP contribution in [0.1, 0.15) is 32.5 Å². The number of hydrogen-bond donors (Lipinski definition) is 2. The van der Waals surface area contributed by atoms with Crippen LogP contribution in [0.15, 0.2) is 10.9 Å². The maximum Gasteiger partial charge on any atom is 0.252 e. The molecule has 2 N–H and O–H groups in total. The molecule has 1 fully saturated rings. The van der Waals surface area contributed by atoms with Gasteiger partial charge in [-0.15, -0.1) is 0 Å². The van der Waals surface area contributed by atoms with E-state index in [9.17, 15) is 9.59 Å². The fourth-order valence-corrected chi connectivity index (χ4v) is 2.17. The van der Waals surface area contributed by atoms with Crippen LogP contribution in [0, 0.1) is 0 Å². The van der Waals surface area contributed by atoms with Gasteiger partial charge in [-0.05, 0) is 6.92 Å². The predicted molar refractivity (Wildman–Crippen MR) is 79.4 cm³/mol. The molecule has 0 spiro atoms. The molecule has 1 saturated heterocycles. The van der Waals surface area contributed by atoms with Crippen LogP contribution in [-0.2, 0) is 9.53 Å². The van der Waals surface area contributed by atoms with Gasteiger partial charge >= 0.3 is 0 Å². The van der Waals surface area contributed by atoms with Gasteiger partial charge in [-0.2, -0.15) is 0 Å². The van der Waals surface area contributed by atoms with Gasteiger partial charge in [-0.1, -0.05) is 13.8 Å². The lowest BCUT2D eigenvalue weighted by atomic mass is 10.2. The van der Waals surface area contributed by atoms with Gasteiger partial charge in [0.25, 0.3) is 5.56 Å². The molecule has 21 heavy (non-hydrogen) atoms. The van der Waals surface area contributed by atoms with E-state index in [1.165, 1.54) is 6.07 Å². The molecule has 1 aliphatic heterocycles. The molecular formula is C14H22N4O3. The van der Waals surface area contributed by atoms with Gasteiger partial charge < -0.3 is 19.9 Å². The van der Waals surface area contributed by atoms with Gasteiger partial charge in [0.1, 0.15) is 17.7 Å². The summed E-state index contributed by atoms with van der Waals surface area (Å²) in [7, 11) is 0. The van der Waals surface area contributed by atoms with Crippen LogP contribution in [0.5, 0.6) is 0 Å². The van der Waals surface area contributed by atoms with Crippen molar-refractivity contribution in [1.29, 1.82) is 0 Å². The number of amides is 1. The minimum atomic E-state index is -0.433. The van der Waals surface area contributed by atoms with Crippen molar-refractivity contribution >= 4 is 11.7 Å². The lowest BCUT2D eigenvalue weighted by Crippen LogP contribution is -2.47. The molecule has 1 amide bonds. The smallest absolute Gasteiger partial charge is 0.252 e. The Morgan fingerprint density at radius 2 is 2.05 bits per heavy atom. The van der Waals surface area contributed by atoms with Gasteiger partial charge in [-0.3, -0.25) is 9.59 Å². The maximum absolute atomic E-state index is 12.3. The molecule has 7 nitrogen and oxygen atoms in total. The number of nitrogens with zero attached hydrogens (tertiary/aromatic N) is 2. The highest BCUT2D eigenvalue weighted by Gasteiger charge is 2.22. The monoisotopic (exact) mass is 294 g/mol. The molecule has 7 heteroatoms. The van der Waals surface area contributed by atoms with Gasteiger partial charge in [-0.25, -0.2) is 4.98 Å². The Morgan fingerprint density at radius 3 is 2.67 bits per heavy atom. The first-order valence-corrected chi connectivity index (χ1v) is 7.21. The number of ether oxygens (including phenoxy) is 1. The number of morpholine rings is 1. The zero-order chi connectivity index (χ0) is 15.4. The van der Waals surface area contributed by atoms with Crippen LogP contribution >= 0.6 is 0 Å². The van der Waals surface area contributed by atoms with Crippen molar-refractivity contribution in [3.63, 3.8) is 0 Å². The summed E-state index contributed by atoms with van der Waals surface area (Å²) in [5.41, 5.74) is -0.220. The molecule has 2 heterocycles. The first kappa shape index (κ1) is 15.5. The van der Waals surface area contributed by atoms with Crippen LogP contribution in [-0.4, -0.2) is 53.1 Å². The molecule has 0 aromatic carbocycles. The molecule has 1 unspecified atom stereocenters. The number of rotatable bonds is 4. The average molecular weight is 294 g/mol. The fourth-order valence-electron chi connectivity index (χ4n) is 2.17. The molecule has 1 aromatic heterocycles. The topological polar surface area (TPSA) is 87.3 Å². The number of H-pyrrole nitrogens is 1. The molecule has 1 aliphatic rings. The SMILES string of the molecule is CC(Nc1cc(=O)[nH]c(C(C)C)n1)C(=O)N1CCOCC1. The number of anilines is 1. The Morgan fingerprint density at radius 1 is 1.38 bits per heavy atom. The number of carbonyl (C=O) groups excluding carboxylic acids is 1. The number of aromatic amines is 1. The fraction of sp³-hybridized carbons (Fsp3) is 0.643. The molecule has 0 radical (unpaired) electrons. The number of carbonyl (C=O) groups is 1. The van der Waals surface area contributed by atoms with Crippen LogP contribution in [0.4, 0.5) is 5.82 Å². The maximum atomic E-state index is 12.3. The van der Waals surface area contributed by atoms with E-state index in [4.69, 9.17) is 4.74 Å². The second kappa shape index (κ2) is 6.71. The highest BCUT2D eigenvalue weighted by molar-refractivity contribution is 5.84. The summed E-state index contributed by atoms with van der Waals surface area (Å²) in [6.45, 7) is 8.01. The number of aromatic nitrogens is 2. The molecular weight excluding hydrogens is 272 g/mol. The van der Waals surface area contributed by atoms with Crippen LogP contribution < -0.4 is 10.9 Å². The van der Waals surface area contributed by atoms with E-state index in [1.54, 1.807) is 11.8 Å². The van der Waals surface area contributed by atoms with Crippen LogP contribution in [0.2, 0.25) is 0 Å². The zero-order valence-electron chi connectivity index (χ0n) is 12.7. The van der Waals surface area contributed by atoms with E-state index in [0.717, 1.165) is 0 Å². The Kier molecular flexibility index (Phi) is 4.95. The van der Waals surface area contributed by atoms with Gasteiger partial charge in [0.05, 0.1) is 13.2 Å². The minimum absolute atomic E-state index is 0.00789. The van der Waals surface area contributed by atoms with Gasteiger partial charge in [0.2, 0.25) is 5.91 Å². The molecule has 1 aromatic rings. The third-order valence-electron chi connectivity index (χ3n) is 3.36. The van der Waals surface area contributed by atoms with E-state index in [2.05, 4.69) is 15.3 Å². The first-order valence-electron chi connectivity index (χ1n) is 7.21. The van der Waals surface area contributed by atoms with E-state index in [1.807, 2.05) is 13.8 Å². The summed E-state index contributed by atoms with van der Waals surface area (Å²) < 4.78 is 5.23. The van der Waals surface area contributed by atoms with Crippen molar-refractivity contribution < 1.29 is 9.53 Å². The van der Waals surface area contributed by atoms with E-state index in [0.29, 0.717) is 37.9 Å². The van der Waals surface area contributed by atoms with Crippen molar-refractivity contribution in [3.8, 4) is 0 Å². The Bertz CT molecular complexity index is 549. The van der Waals surface area contributed by atoms with Crippen molar-refractivity contribution in [1.82, 2.24) is 14.9 Å². The van der Waals surface area contributed by atoms with Crippen molar-refractivity contribution in [2.45, 2.75) is 32.7 Å². The first-order chi connectivity index (χ1) is 9.97. The Hall–Kier alpha value is -1.89. The summed E-state index contributed by atoms with van der Waals surface area (Å²) in [6, 6.07) is 0.937. The number of nitrogens with one attached hydrogen (secondary N) is 2. The standard InChI is InChI=1S/C14H22N4O3/c1-9(2)13-16-11(8-12(19)17-13)15-10(3)14(20)18-4-6-21-7-5-18/h8-10H,4-7H2,1-3H3,(H2,15,16,17,19). The summed E-state index contributed by atoms with van der Waals surface area (Å²) in [4.78, 5) is 32.7. The molecule has 1 atom stereocenters. The summed E-state index contributed by atoms with van der Waals surface area (Å²) in [6.07, 6.45) is 0. The Labute approximate surface area is 123 Å². The zero-order valence-corrected chi connectivity index (χ0v) is 12.7. The van der Waals surface area contributed by atoms with E-state index >= 15 is 0 Å². The van der Waals surface area contributed by atoms with Crippen molar-refractivity contribution in [2.24, 2.45) is 0 Å². The highest BCUT2D eigenvalue weighted by Crippen LogP contribution is 2.11. The van der Waals surface area contributed by atoms with Crippen LogP contribution in [0.3, 0.4) is 0 Å². The van der Waals surface area contributed by atoms with Crippen molar-refractivity contribution in [3.05, 3.63) is 22.2 Å². The molecule has 2 rings (SSSR count). The second-order valence-electron chi connectivity index (χ2n) is 5.47. The van der Waals surface area contributed by atoms with E-state index < -0.39 is 6.04 Å². The molecule has 0 bridgehead atoms. The summed E-state index contributed by atoms with van der Waals surface area (Å²) in [5, 5.41) is 3.01. The predicted octanol–water partition coefficient (Wildman–Crippen LogP) is 0.552. The van der Waals surface area contributed by atoms with Crippen molar-refractivity contribution in [2.75, 3.05) is 31.6 Å². The minimum Gasteiger partial charge on any atom is -0.378 e. The highest BCUT2D eigenvalue weighted by atomic mass is 16.5. The number of hydrogen-bond acceptors (Lipinski definition) is 5. The van der Waals surface area contributed by atoms with Gasteiger partial charge in [0.15, 0.2) is 0 Å².